The molecule has 0 amide bonds. The van der Waals surface area contributed by atoms with E-state index in [1.165, 1.54) is 0 Å². The van der Waals surface area contributed by atoms with Gasteiger partial charge >= 0.3 is 0 Å². The second-order valence-electron chi connectivity index (χ2n) is 5.05. The Morgan fingerprint density at radius 1 is 1.22 bits per heavy atom. The molecule has 0 bridgehead atoms. The topological polar surface area (TPSA) is 35.5 Å². The van der Waals surface area contributed by atoms with Crippen molar-refractivity contribution in [2.45, 2.75) is 35.1 Å². The lowest BCUT2D eigenvalue weighted by atomic mass is 9.85. The third kappa shape index (κ3) is 2.21. The van der Waals surface area contributed by atoms with Crippen molar-refractivity contribution < 1.29 is 14.3 Å². The predicted molar refractivity (Wildman–Crippen MR) is 75.4 cm³/mol. The van der Waals surface area contributed by atoms with Crippen LogP contribution in [0.3, 0.4) is 0 Å². The number of carbonyl (C=O) groups is 1. The number of ketones is 1. The van der Waals surface area contributed by atoms with E-state index < -0.39 is 9.39 Å². The SMILES string of the molecule is O=C1CCC[C@]2(CO[C@@](I)(c3ccccc3)O2)C1. The number of hydrogen-bond donors (Lipinski definition) is 0. The normalized spacial score (nSPS) is 36.2. The Morgan fingerprint density at radius 3 is 2.72 bits per heavy atom. The Kier molecular flexibility index (Phi) is 3.20. The number of Topliss-reactive ketones (excluding diaryl/α,β-unsaturated/α-hetero) is 1. The van der Waals surface area contributed by atoms with E-state index in [-0.39, 0.29) is 0 Å². The molecule has 3 rings (SSSR count). The summed E-state index contributed by atoms with van der Waals surface area (Å²) in [4.78, 5) is 11.6. The molecule has 1 aromatic rings. The lowest BCUT2D eigenvalue weighted by Crippen LogP contribution is -2.39. The van der Waals surface area contributed by atoms with Crippen LogP contribution >= 0.6 is 22.6 Å². The van der Waals surface area contributed by atoms with Gasteiger partial charge in [-0.15, -0.1) is 0 Å². The standard InChI is InChI=1S/C14H15IO3/c15-14(11-5-2-1-3-6-11)17-10-13(18-14)8-4-7-12(16)9-13/h1-3,5-6H,4,7-10H2/t13-,14+/m1/s1. The molecule has 2 atom stereocenters. The van der Waals surface area contributed by atoms with E-state index >= 15 is 0 Å². The van der Waals surface area contributed by atoms with Crippen LogP contribution in [0.4, 0.5) is 0 Å². The largest absolute Gasteiger partial charge is 0.335 e. The Bertz CT molecular complexity index is 461. The first kappa shape index (κ1) is 12.6. The second kappa shape index (κ2) is 4.58. The number of benzene rings is 1. The summed E-state index contributed by atoms with van der Waals surface area (Å²) in [6.45, 7) is 0.510. The Balaban J connectivity index is 1.84. The van der Waals surface area contributed by atoms with Crippen LogP contribution < -0.4 is 0 Å². The zero-order valence-corrected chi connectivity index (χ0v) is 12.2. The maximum atomic E-state index is 11.6. The van der Waals surface area contributed by atoms with Gasteiger partial charge in [0.2, 0.25) is 3.79 Å². The van der Waals surface area contributed by atoms with Crippen molar-refractivity contribution in [1.82, 2.24) is 0 Å². The van der Waals surface area contributed by atoms with Crippen molar-refractivity contribution in [2.24, 2.45) is 0 Å². The van der Waals surface area contributed by atoms with Crippen LogP contribution in [0.15, 0.2) is 30.3 Å². The van der Waals surface area contributed by atoms with E-state index in [9.17, 15) is 4.79 Å². The van der Waals surface area contributed by atoms with Crippen molar-refractivity contribution in [2.75, 3.05) is 6.61 Å². The van der Waals surface area contributed by atoms with E-state index in [1.54, 1.807) is 0 Å². The second-order valence-corrected chi connectivity index (χ2v) is 6.47. The van der Waals surface area contributed by atoms with Gasteiger partial charge in [0.15, 0.2) is 0 Å². The molecule has 0 unspecified atom stereocenters. The van der Waals surface area contributed by atoms with Crippen LogP contribution in [0.5, 0.6) is 0 Å². The highest BCUT2D eigenvalue weighted by Crippen LogP contribution is 2.48. The fourth-order valence-corrected chi connectivity index (χ4v) is 3.68. The van der Waals surface area contributed by atoms with E-state index in [0.29, 0.717) is 25.2 Å². The number of hydrogen-bond acceptors (Lipinski definition) is 3. The number of ether oxygens (including phenoxy) is 2. The fraction of sp³-hybridized carbons (Fsp3) is 0.500. The molecule has 1 aliphatic heterocycles. The minimum absolute atomic E-state index is 0.290. The van der Waals surface area contributed by atoms with Crippen LogP contribution in [0.1, 0.15) is 31.2 Å². The van der Waals surface area contributed by atoms with E-state index in [0.717, 1.165) is 18.4 Å². The van der Waals surface area contributed by atoms with Gasteiger partial charge in [-0.25, -0.2) is 0 Å². The fourth-order valence-electron chi connectivity index (χ4n) is 2.70. The Hall–Kier alpha value is -0.460. The summed E-state index contributed by atoms with van der Waals surface area (Å²) >= 11 is 2.19. The van der Waals surface area contributed by atoms with Crippen LogP contribution in [-0.4, -0.2) is 18.0 Å². The molecule has 1 spiro atoms. The molecule has 2 aliphatic rings. The lowest BCUT2D eigenvalue weighted by Gasteiger charge is -2.32. The van der Waals surface area contributed by atoms with Crippen molar-refractivity contribution >= 4 is 28.4 Å². The van der Waals surface area contributed by atoms with Crippen LogP contribution in [0, 0.1) is 0 Å². The molecule has 0 aromatic heterocycles. The van der Waals surface area contributed by atoms with Gasteiger partial charge in [0.1, 0.15) is 11.4 Å². The third-order valence-electron chi connectivity index (χ3n) is 3.59. The summed E-state index contributed by atoms with van der Waals surface area (Å²) in [5, 5.41) is 0. The number of rotatable bonds is 1. The molecule has 18 heavy (non-hydrogen) atoms. The maximum Gasteiger partial charge on any atom is 0.249 e. The molecule has 1 heterocycles. The molecule has 0 N–H and O–H groups in total. The monoisotopic (exact) mass is 358 g/mol. The molecular weight excluding hydrogens is 343 g/mol. The third-order valence-corrected chi connectivity index (χ3v) is 4.75. The molecular formula is C14H15IO3. The predicted octanol–water partition coefficient (Wildman–Crippen LogP) is 3.16. The van der Waals surface area contributed by atoms with Crippen molar-refractivity contribution in [3.05, 3.63) is 35.9 Å². The summed E-state index contributed by atoms with van der Waals surface area (Å²) in [5.41, 5.74) is 0.604. The highest BCUT2D eigenvalue weighted by Gasteiger charge is 2.51. The quantitative estimate of drug-likeness (QED) is 0.572. The highest BCUT2D eigenvalue weighted by molar-refractivity contribution is 14.1. The minimum atomic E-state index is -0.739. The summed E-state index contributed by atoms with van der Waals surface area (Å²) in [6, 6.07) is 9.91. The van der Waals surface area contributed by atoms with Gasteiger partial charge in [-0.3, -0.25) is 4.79 Å². The zero-order valence-electron chi connectivity index (χ0n) is 10.0. The number of halogens is 1. The van der Waals surface area contributed by atoms with Gasteiger partial charge in [-0.2, -0.15) is 0 Å². The molecule has 1 aliphatic carbocycles. The summed E-state index contributed by atoms with van der Waals surface area (Å²) in [7, 11) is 0. The molecule has 1 aromatic carbocycles. The van der Waals surface area contributed by atoms with Gasteiger partial charge in [-0.1, -0.05) is 30.3 Å². The van der Waals surface area contributed by atoms with Crippen molar-refractivity contribution in [3.8, 4) is 0 Å². The van der Waals surface area contributed by atoms with Crippen molar-refractivity contribution in [1.29, 1.82) is 0 Å². The molecule has 1 saturated carbocycles. The van der Waals surface area contributed by atoms with Gasteiger partial charge in [-0.05, 0) is 35.4 Å². The first-order valence-corrected chi connectivity index (χ1v) is 7.30. The van der Waals surface area contributed by atoms with Crippen LogP contribution in [-0.2, 0) is 18.1 Å². The van der Waals surface area contributed by atoms with Crippen LogP contribution in [0.2, 0.25) is 0 Å². The van der Waals surface area contributed by atoms with E-state index in [4.69, 9.17) is 9.47 Å². The Morgan fingerprint density at radius 2 is 2.00 bits per heavy atom. The first-order valence-electron chi connectivity index (χ1n) is 6.22. The van der Waals surface area contributed by atoms with Gasteiger partial charge in [0, 0.05) is 18.4 Å². The lowest BCUT2D eigenvalue weighted by molar-refractivity contribution is -0.139. The Labute approximate surface area is 120 Å². The van der Waals surface area contributed by atoms with Crippen LogP contribution in [0.25, 0.3) is 0 Å². The number of carbonyl (C=O) groups excluding carboxylic acids is 1. The van der Waals surface area contributed by atoms with Gasteiger partial charge in [0.25, 0.3) is 0 Å². The molecule has 0 radical (unpaired) electrons. The molecule has 96 valence electrons. The maximum absolute atomic E-state index is 11.6. The average Bonchev–Trinajstić information content (AvgIpc) is 2.69. The summed E-state index contributed by atoms with van der Waals surface area (Å²) in [6.07, 6.45) is 3.00. The number of alkyl halides is 1. The average molecular weight is 358 g/mol. The minimum Gasteiger partial charge on any atom is -0.335 e. The molecule has 4 heteroatoms. The smallest absolute Gasteiger partial charge is 0.249 e. The highest BCUT2D eigenvalue weighted by atomic mass is 127. The molecule has 1 saturated heterocycles. The van der Waals surface area contributed by atoms with Gasteiger partial charge < -0.3 is 9.47 Å². The van der Waals surface area contributed by atoms with Gasteiger partial charge in [0.05, 0.1) is 6.61 Å². The first-order chi connectivity index (χ1) is 8.62. The van der Waals surface area contributed by atoms with E-state index in [1.807, 2.05) is 30.3 Å². The molecule has 2 fully saturated rings. The zero-order chi connectivity index (χ0) is 12.6. The summed E-state index contributed by atoms with van der Waals surface area (Å²) in [5.74, 6) is 0.290. The summed E-state index contributed by atoms with van der Waals surface area (Å²) < 4.78 is 11.3. The molecule has 3 nitrogen and oxygen atoms in total. The van der Waals surface area contributed by atoms with Crippen molar-refractivity contribution in [3.63, 3.8) is 0 Å². The van der Waals surface area contributed by atoms with E-state index in [2.05, 4.69) is 22.6 Å².